The molecule has 0 radical (unpaired) electrons. The maximum Gasteiger partial charge on any atom is 0.294 e. The van der Waals surface area contributed by atoms with E-state index in [1.807, 2.05) is 11.0 Å². The molecule has 0 bridgehead atoms. The van der Waals surface area contributed by atoms with Crippen molar-refractivity contribution < 1.29 is 18.8 Å². The Labute approximate surface area is 214 Å². The number of aromatic nitrogens is 1. The second-order valence-corrected chi connectivity index (χ2v) is 9.98. The van der Waals surface area contributed by atoms with E-state index in [4.69, 9.17) is 16.0 Å². The molecule has 5 rings (SSSR count). The fraction of sp³-hybridized carbons (Fsp3) is 0.407. The van der Waals surface area contributed by atoms with Gasteiger partial charge in [0, 0.05) is 36.5 Å². The summed E-state index contributed by atoms with van der Waals surface area (Å²) in [5, 5.41) is 6.75. The van der Waals surface area contributed by atoms with Crippen LogP contribution in [0.1, 0.15) is 55.5 Å². The smallest absolute Gasteiger partial charge is 0.294 e. The summed E-state index contributed by atoms with van der Waals surface area (Å²) in [5.74, 6) is -0.345. The molecule has 2 fully saturated rings. The highest BCUT2D eigenvalue weighted by Gasteiger charge is 2.33. The molecule has 1 aromatic carbocycles. The Morgan fingerprint density at radius 1 is 0.917 bits per heavy atom. The number of hydrogen-bond acceptors (Lipinski definition) is 5. The number of anilines is 2. The highest BCUT2D eigenvalue weighted by atomic mass is 35.5. The summed E-state index contributed by atoms with van der Waals surface area (Å²) in [7, 11) is 0. The van der Waals surface area contributed by atoms with Crippen LogP contribution >= 0.6 is 11.6 Å². The van der Waals surface area contributed by atoms with Gasteiger partial charge in [-0.05, 0) is 69.2 Å². The van der Waals surface area contributed by atoms with Gasteiger partial charge in [-0.15, -0.1) is 0 Å². The first-order valence-corrected chi connectivity index (χ1v) is 12.9. The highest BCUT2D eigenvalue weighted by molar-refractivity contribution is 6.30. The monoisotopic (exact) mass is 508 g/mol. The van der Waals surface area contributed by atoms with Crippen LogP contribution in [0, 0.1) is 11.8 Å². The number of nitrogens with one attached hydrogen (secondary N) is 2. The van der Waals surface area contributed by atoms with Gasteiger partial charge in [-0.1, -0.05) is 23.7 Å². The predicted octanol–water partition coefficient (Wildman–Crippen LogP) is 5.49. The van der Waals surface area contributed by atoms with E-state index in [1.54, 1.807) is 30.3 Å². The highest BCUT2D eigenvalue weighted by Crippen LogP contribution is 2.35. The zero-order valence-electron chi connectivity index (χ0n) is 20.0. The van der Waals surface area contributed by atoms with E-state index >= 15 is 0 Å². The zero-order valence-corrected chi connectivity index (χ0v) is 20.7. The van der Waals surface area contributed by atoms with Crippen LogP contribution in [0.15, 0.2) is 47.0 Å². The van der Waals surface area contributed by atoms with Crippen molar-refractivity contribution in [2.24, 2.45) is 11.8 Å². The Hall–Kier alpha value is -3.39. The lowest BCUT2D eigenvalue weighted by Crippen LogP contribution is -2.41. The van der Waals surface area contributed by atoms with Crippen molar-refractivity contribution in [3.63, 3.8) is 0 Å². The molecule has 2 aliphatic rings. The maximum atomic E-state index is 13.3. The number of hydrogen-bond donors (Lipinski definition) is 2. The van der Waals surface area contributed by atoms with Gasteiger partial charge in [0.1, 0.15) is 17.1 Å². The van der Waals surface area contributed by atoms with Crippen LogP contribution in [-0.2, 0) is 9.59 Å². The van der Waals surface area contributed by atoms with Crippen molar-refractivity contribution in [1.82, 2.24) is 9.88 Å². The number of para-hydroxylation sites is 1. The summed E-state index contributed by atoms with van der Waals surface area (Å²) in [4.78, 5) is 45.3. The summed E-state index contributed by atoms with van der Waals surface area (Å²) < 4.78 is 5.83. The number of halogens is 1. The molecule has 1 saturated carbocycles. The lowest BCUT2D eigenvalue weighted by atomic mass is 9.80. The second-order valence-electron chi connectivity index (χ2n) is 9.54. The first kappa shape index (κ1) is 24.3. The third-order valence-corrected chi connectivity index (χ3v) is 7.36. The molecule has 1 aliphatic carbocycles. The molecule has 1 saturated heterocycles. The molecule has 0 unspecified atom stereocenters. The summed E-state index contributed by atoms with van der Waals surface area (Å²) in [6.07, 6.45) is 7.47. The van der Waals surface area contributed by atoms with Crippen LogP contribution in [0.25, 0.3) is 11.0 Å². The van der Waals surface area contributed by atoms with Crippen molar-refractivity contribution in [3.8, 4) is 0 Å². The van der Waals surface area contributed by atoms with Gasteiger partial charge in [0.2, 0.25) is 17.6 Å². The lowest BCUT2D eigenvalue weighted by molar-refractivity contribution is -0.138. The predicted molar refractivity (Wildman–Crippen MR) is 138 cm³/mol. The van der Waals surface area contributed by atoms with Crippen LogP contribution in [0.4, 0.5) is 11.5 Å². The minimum Gasteiger partial charge on any atom is -0.449 e. The standard InChI is InChI=1S/C27H29ClN4O4/c28-19-12-13-22(29-16-19)30-26(34)24-23(20-6-2-3-7-21(20)36-24)31-25(33)17-8-10-18(11-9-17)27(35)32-14-4-1-5-15-32/h2-3,6-7,12-13,16-18H,1,4-5,8-11,14-15H2,(H,31,33)(H,29,30,34)/t17-,18-. The number of furan rings is 1. The number of benzene rings is 1. The number of amides is 3. The Morgan fingerprint density at radius 2 is 1.64 bits per heavy atom. The Kier molecular flexibility index (Phi) is 7.23. The van der Waals surface area contributed by atoms with Gasteiger partial charge in [0.25, 0.3) is 5.91 Å². The third-order valence-electron chi connectivity index (χ3n) is 7.13. The number of nitrogens with zero attached hydrogens (tertiary/aromatic N) is 2. The normalized spacial score (nSPS) is 20.2. The van der Waals surface area contributed by atoms with Gasteiger partial charge in [-0.25, -0.2) is 4.98 Å². The second kappa shape index (κ2) is 10.7. The largest absolute Gasteiger partial charge is 0.449 e. The SMILES string of the molecule is O=C(Nc1ccc(Cl)cn1)c1oc2ccccc2c1NC(=O)[C@H]1CC[C@H](C(=O)N2CCCCC2)CC1. The van der Waals surface area contributed by atoms with Gasteiger partial charge < -0.3 is 20.0 Å². The first-order valence-electron chi connectivity index (χ1n) is 12.5. The van der Waals surface area contributed by atoms with Crippen molar-refractivity contribution in [3.05, 3.63) is 53.4 Å². The minimum absolute atomic E-state index is 0.00452. The number of piperidine rings is 1. The molecule has 36 heavy (non-hydrogen) atoms. The number of fused-ring (bicyclic) bond motifs is 1. The fourth-order valence-electron chi connectivity index (χ4n) is 5.15. The molecule has 3 aromatic rings. The van der Waals surface area contributed by atoms with Crippen LogP contribution < -0.4 is 10.6 Å². The quantitative estimate of drug-likeness (QED) is 0.474. The van der Waals surface area contributed by atoms with Gasteiger partial charge in [-0.2, -0.15) is 0 Å². The number of rotatable bonds is 5. The molecule has 2 N–H and O–H groups in total. The zero-order chi connectivity index (χ0) is 25.1. The molecule has 2 aromatic heterocycles. The summed E-state index contributed by atoms with van der Waals surface area (Å²) in [5.41, 5.74) is 0.839. The van der Waals surface area contributed by atoms with Crippen molar-refractivity contribution in [2.75, 3.05) is 23.7 Å². The molecule has 0 atom stereocenters. The summed E-state index contributed by atoms with van der Waals surface area (Å²) in [6.45, 7) is 1.70. The number of carbonyl (C=O) groups excluding carboxylic acids is 3. The van der Waals surface area contributed by atoms with Gasteiger partial charge in [0.05, 0.1) is 5.02 Å². The topological polar surface area (TPSA) is 105 Å². The van der Waals surface area contributed by atoms with E-state index < -0.39 is 5.91 Å². The molecule has 3 heterocycles. The van der Waals surface area contributed by atoms with Crippen LogP contribution in [-0.4, -0.2) is 40.7 Å². The van der Waals surface area contributed by atoms with Crippen molar-refractivity contribution >= 4 is 51.8 Å². The van der Waals surface area contributed by atoms with Crippen LogP contribution in [0.5, 0.6) is 0 Å². The van der Waals surface area contributed by atoms with E-state index in [0.717, 1.165) is 25.9 Å². The fourth-order valence-corrected chi connectivity index (χ4v) is 5.26. The van der Waals surface area contributed by atoms with Crippen LogP contribution in [0.2, 0.25) is 5.02 Å². The molecule has 8 nitrogen and oxygen atoms in total. The molecule has 188 valence electrons. The van der Waals surface area contributed by atoms with Crippen LogP contribution in [0.3, 0.4) is 0 Å². The van der Waals surface area contributed by atoms with E-state index in [0.29, 0.717) is 53.2 Å². The maximum absolute atomic E-state index is 13.3. The van der Waals surface area contributed by atoms with E-state index in [-0.39, 0.29) is 29.4 Å². The molecule has 3 amide bonds. The average Bonchev–Trinajstić information content (AvgIpc) is 3.28. The van der Waals surface area contributed by atoms with Crippen molar-refractivity contribution in [2.45, 2.75) is 44.9 Å². The molecule has 1 aliphatic heterocycles. The third kappa shape index (κ3) is 5.23. The number of carbonyl (C=O) groups is 3. The Balaban J connectivity index is 1.28. The number of likely N-dealkylation sites (tertiary alicyclic amines) is 1. The van der Waals surface area contributed by atoms with E-state index in [1.165, 1.54) is 12.6 Å². The first-order chi connectivity index (χ1) is 17.5. The molecular weight excluding hydrogens is 480 g/mol. The lowest BCUT2D eigenvalue weighted by Gasteiger charge is -2.33. The molecular formula is C27H29ClN4O4. The molecule has 0 spiro atoms. The number of pyridine rings is 1. The van der Waals surface area contributed by atoms with Gasteiger partial charge in [-0.3, -0.25) is 14.4 Å². The van der Waals surface area contributed by atoms with Gasteiger partial charge in [0.15, 0.2) is 0 Å². The Bertz CT molecular complexity index is 1260. The Morgan fingerprint density at radius 3 is 2.36 bits per heavy atom. The molecule has 9 heteroatoms. The summed E-state index contributed by atoms with van der Waals surface area (Å²) in [6, 6.07) is 10.4. The van der Waals surface area contributed by atoms with Crippen molar-refractivity contribution in [1.29, 1.82) is 0 Å². The van der Waals surface area contributed by atoms with Gasteiger partial charge >= 0.3 is 0 Å². The van der Waals surface area contributed by atoms with E-state index in [9.17, 15) is 14.4 Å². The average molecular weight is 509 g/mol. The summed E-state index contributed by atoms with van der Waals surface area (Å²) >= 11 is 5.88. The minimum atomic E-state index is -0.521. The van der Waals surface area contributed by atoms with E-state index in [2.05, 4.69) is 15.6 Å².